The van der Waals surface area contributed by atoms with E-state index in [0.717, 1.165) is 12.7 Å². The van der Waals surface area contributed by atoms with Gasteiger partial charge in [0.2, 0.25) is 11.6 Å². The molecule has 1 aromatic rings. The Morgan fingerprint density at radius 3 is 2.78 bits per heavy atom. The average molecular weight is 256 g/mol. The van der Waals surface area contributed by atoms with E-state index in [2.05, 4.69) is 20.7 Å². The average Bonchev–Trinajstić information content (AvgIpc) is 2.35. The molecule has 0 bridgehead atoms. The molecule has 1 aromatic heterocycles. The van der Waals surface area contributed by atoms with Crippen LogP contribution in [0, 0.1) is 10.1 Å². The fourth-order valence-corrected chi connectivity index (χ4v) is 1.44. The van der Waals surface area contributed by atoms with Crippen LogP contribution in [0.15, 0.2) is 6.33 Å². The summed E-state index contributed by atoms with van der Waals surface area (Å²) in [5.41, 5.74) is 1.79. The predicted octanol–water partition coefficient (Wildman–Crippen LogP) is 0.243. The van der Waals surface area contributed by atoms with E-state index in [0.29, 0.717) is 6.42 Å². The molecule has 100 valence electrons. The van der Waals surface area contributed by atoms with E-state index in [9.17, 15) is 15.2 Å². The summed E-state index contributed by atoms with van der Waals surface area (Å²) in [7, 11) is 0. The van der Waals surface area contributed by atoms with E-state index in [-0.39, 0.29) is 23.9 Å². The Hall–Kier alpha value is -2.00. The Bertz CT molecular complexity index is 413. The molecular weight excluding hydrogens is 240 g/mol. The highest BCUT2D eigenvalue weighted by Crippen LogP contribution is 2.27. The van der Waals surface area contributed by atoms with Crippen LogP contribution >= 0.6 is 0 Å². The summed E-state index contributed by atoms with van der Waals surface area (Å²) in [5.74, 6) is 5.08. The van der Waals surface area contributed by atoms with Gasteiger partial charge in [-0.05, 0) is 6.42 Å². The van der Waals surface area contributed by atoms with Crippen LogP contribution in [0.5, 0.6) is 0 Å². The van der Waals surface area contributed by atoms with Crippen LogP contribution in [0.2, 0.25) is 0 Å². The number of nitrogens with zero attached hydrogens (tertiary/aromatic N) is 3. The number of rotatable bonds is 7. The molecule has 0 spiro atoms. The number of hydrazine groups is 1. The maximum atomic E-state index is 10.9. The van der Waals surface area contributed by atoms with Gasteiger partial charge >= 0.3 is 5.69 Å². The molecule has 0 aromatic carbocycles. The number of nitrogens with two attached hydrogens (primary N) is 1. The van der Waals surface area contributed by atoms with Gasteiger partial charge in [-0.15, -0.1) is 0 Å². The second-order valence-electron chi connectivity index (χ2n) is 3.64. The van der Waals surface area contributed by atoms with Gasteiger partial charge in [0.15, 0.2) is 0 Å². The molecule has 0 aliphatic heterocycles. The Labute approximate surface area is 104 Å². The van der Waals surface area contributed by atoms with Crippen molar-refractivity contribution in [1.82, 2.24) is 9.97 Å². The molecule has 0 amide bonds. The molecule has 1 heterocycles. The van der Waals surface area contributed by atoms with Crippen molar-refractivity contribution in [1.29, 1.82) is 0 Å². The zero-order chi connectivity index (χ0) is 13.5. The van der Waals surface area contributed by atoms with Crippen LogP contribution in [0.25, 0.3) is 0 Å². The molecule has 18 heavy (non-hydrogen) atoms. The third-order valence-corrected chi connectivity index (χ3v) is 2.27. The van der Waals surface area contributed by atoms with Crippen molar-refractivity contribution in [3.63, 3.8) is 0 Å². The van der Waals surface area contributed by atoms with Gasteiger partial charge in [0.1, 0.15) is 6.33 Å². The number of nitrogen functional groups attached to an aromatic ring is 1. The first-order chi connectivity index (χ1) is 8.60. The number of nitrogens with one attached hydrogen (secondary N) is 2. The SMILES string of the molecule is CCCC(O)CNc1ncnc(NN)c1[N+](=O)[O-]. The predicted molar refractivity (Wildman–Crippen MR) is 65.9 cm³/mol. The van der Waals surface area contributed by atoms with E-state index >= 15 is 0 Å². The van der Waals surface area contributed by atoms with Gasteiger partial charge in [-0.3, -0.25) is 10.1 Å². The van der Waals surface area contributed by atoms with Crippen molar-refractivity contribution in [2.45, 2.75) is 25.9 Å². The summed E-state index contributed by atoms with van der Waals surface area (Å²) >= 11 is 0. The molecule has 1 unspecified atom stereocenters. The summed E-state index contributed by atoms with van der Waals surface area (Å²) in [6.45, 7) is 2.11. The topological polar surface area (TPSA) is 139 Å². The highest BCUT2D eigenvalue weighted by atomic mass is 16.6. The van der Waals surface area contributed by atoms with Crippen LogP contribution < -0.4 is 16.6 Å². The van der Waals surface area contributed by atoms with Gasteiger partial charge in [-0.1, -0.05) is 13.3 Å². The summed E-state index contributed by atoms with van der Waals surface area (Å²) in [5, 5.41) is 23.2. The van der Waals surface area contributed by atoms with E-state index in [1.54, 1.807) is 0 Å². The maximum Gasteiger partial charge on any atom is 0.354 e. The largest absolute Gasteiger partial charge is 0.391 e. The molecule has 9 nitrogen and oxygen atoms in total. The van der Waals surface area contributed by atoms with Crippen molar-refractivity contribution < 1.29 is 10.0 Å². The number of nitro groups is 1. The van der Waals surface area contributed by atoms with E-state index in [1.807, 2.05) is 6.92 Å². The molecule has 9 heteroatoms. The second kappa shape index (κ2) is 6.67. The monoisotopic (exact) mass is 256 g/mol. The number of aromatic nitrogens is 2. The molecule has 0 aliphatic rings. The summed E-state index contributed by atoms with van der Waals surface area (Å²) in [4.78, 5) is 17.7. The normalized spacial score (nSPS) is 11.9. The van der Waals surface area contributed by atoms with Crippen molar-refractivity contribution in [2.24, 2.45) is 5.84 Å². The van der Waals surface area contributed by atoms with Gasteiger partial charge in [0, 0.05) is 6.54 Å². The fourth-order valence-electron chi connectivity index (χ4n) is 1.44. The number of aliphatic hydroxyl groups is 1. The fraction of sp³-hybridized carbons (Fsp3) is 0.556. The minimum atomic E-state index is -0.635. The Morgan fingerprint density at radius 1 is 1.56 bits per heavy atom. The lowest BCUT2D eigenvalue weighted by Gasteiger charge is -2.11. The molecule has 0 aliphatic carbocycles. The molecule has 0 fully saturated rings. The lowest BCUT2D eigenvalue weighted by molar-refractivity contribution is -0.383. The van der Waals surface area contributed by atoms with E-state index in [4.69, 9.17) is 5.84 Å². The van der Waals surface area contributed by atoms with Crippen LogP contribution in [-0.4, -0.2) is 32.6 Å². The minimum absolute atomic E-state index is 0.0260. The molecule has 1 rings (SSSR count). The van der Waals surface area contributed by atoms with Crippen LogP contribution in [0.3, 0.4) is 0 Å². The van der Waals surface area contributed by atoms with Gasteiger partial charge < -0.3 is 15.8 Å². The van der Waals surface area contributed by atoms with Crippen LogP contribution in [0.1, 0.15) is 19.8 Å². The molecule has 0 saturated carbocycles. The van der Waals surface area contributed by atoms with E-state index in [1.165, 1.54) is 0 Å². The van der Waals surface area contributed by atoms with Gasteiger partial charge in [-0.2, -0.15) is 0 Å². The zero-order valence-electron chi connectivity index (χ0n) is 9.96. The quantitative estimate of drug-likeness (QED) is 0.309. The number of anilines is 2. The number of hydrogen-bond acceptors (Lipinski definition) is 8. The van der Waals surface area contributed by atoms with Crippen LogP contribution in [0.4, 0.5) is 17.3 Å². The van der Waals surface area contributed by atoms with Crippen molar-refractivity contribution >= 4 is 17.3 Å². The zero-order valence-corrected chi connectivity index (χ0v) is 9.96. The summed E-state index contributed by atoms with van der Waals surface area (Å²) in [6.07, 6.45) is 1.99. The third-order valence-electron chi connectivity index (χ3n) is 2.27. The van der Waals surface area contributed by atoms with Gasteiger partial charge in [0.25, 0.3) is 0 Å². The third kappa shape index (κ3) is 3.50. The number of hydrogen-bond donors (Lipinski definition) is 4. The number of aliphatic hydroxyl groups excluding tert-OH is 1. The first-order valence-corrected chi connectivity index (χ1v) is 5.48. The Balaban J connectivity index is 2.85. The summed E-state index contributed by atoms with van der Waals surface area (Å²) < 4.78 is 0. The minimum Gasteiger partial charge on any atom is -0.391 e. The van der Waals surface area contributed by atoms with Crippen molar-refractivity contribution in [2.75, 3.05) is 17.3 Å². The maximum absolute atomic E-state index is 10.9. The standard InChI is InChI=1S/C9H16N6O3/c1-2-3-6(16)4-11-8-7(15(17)18)9(14-10)13-5-12-8/h5-6,16H,2-4,10H2,1H3,(H2,11,12,13,14). The first-order valence-electron chi connectivity index (χ1n) is 5.48. The van der Waals surface area contributed by atoms with Crippen LogP contribution in [-0.2, 0) is 0 Å². The lowest BCUT2D eigenvalue weighted by atomic mass is 10.2. The Kier molecular flexibility index (Phi) is 5.21. The highest BCUT2D eigenvalue weighted by molar-refractivity contribution is 5.68. The molecule has 1 atom stereocenters. The first kappa shape index (κ1) is 14.1. The van der Waals surface area contributed by atoms with Crippen molar-refractivity contribution in [3.05, 3.63) is 16.4 Å². The molecule has 0 radical (unpaired) electrons. The summed E-state index contributed by atoms with van der Waals surface area (Å²) in [6, 6.07) is 0. The molecule has 0 saturated heterocycles. The highest BCUT2D eigenvalue weighted by Gasteiger charge is 2.22. The van der Waals surface area contributed by atoms with E-state index < -0.39 is 11.0 Å². The second-order valence-corrected chi connectivity index (χ2v) is 3.64. The smallest absolute Gasteiger partial charge is 0.354 e. The van der Waals surface area contributed by atoms with Gasteiger partial charge in [0.05, 0.1) is 11.0 Å². The Morgan fingerprint density at radius 2 is 2.22 bits per heavy atom. The van der Waals surface area contributed by atoms with Crippen molar-refractivity contribution in [3.8, 4) is 0 Å². The molecular formula is C9H16N6O3. The lowest BCUT2D eigenvalue weighted by Crippen LogP contribution is -2.21. The van der Waals surface area contributed by atoms with Gasteiger partial charge in [-0.25, -0.2) is 15.8 Å². The molecule has 5 N–H and O–H groups in total.